The van der Waals surface area contributed by atoms with Gasteiger partial charge in [-0.2, -0.15) is 13.2 Å². The van der Waals surface area contributed by atoms with E-state index in [4.69, 9.17) is 4.74 Å². The van der Waals surface area contributed by atoms with Gasteiger partial charge in [0.2, 0.25) is 11.8 Å². The van der Waals surface area contributed by atoms with E-state index in [1.165, 1.54) is 6.07 Å². The van der Waals surface area contributed by atoms with Crippen molar-refractivity contribution in [3.63, 3.8) is 0 Å². The van der Waals surface area contributed by atoms with Crippen LogP contribution < -0.4 is 9.64 Å². The average molecular weight is 589 g/mol. The summed E-state index contributed by atoms with van der Waals surface area (Å²) in [6, 6.07) is 12.8. The molecule has 1 saturated carbocycles. The van der Waals surface area contributed by atoms with Crippen molar-refractivity contribution in [2.45, 2.75) is 50.8 Å². The molecule has 2 saturated heterocycles. The van der Waals surface area contributed by atoms with E-state index in [0.717, 1.165) is 44.1 Å². The number of nitrogens with zero attached hydrogens (tertiary/aromatic N) is 4. The molecule has 1 aliphatic carbocycles. The second kappa shape index (κ2) is 12.6. The maximum Gasteiger partial charge on any atom is 0.423 e. The van der Waals surface area contributed by atoms with Crippen molar-refractivity contribution in [1.29, 1.82) is 0 Å². The van der Waals surface area contributed by atoms with Crippen molar-refractivity contribution in [2.24, 2.45) is 11.8 Å². The van der Waals surface area contributed by atoms with Gasteiger partial charge in [0, 0.05) is 75.7 Å². The van der Waals surface area contributed by atoms with E-state index in [1.54, 1.807) is 4.90 Å². The van der Waals surface area contributed by atoms with E-state index in [2.05, 4.69) is 17.0 Å². The second-order valence-electron chi connectivity index (χ2n) is 11.3. The van der Waals surface area contributed by atoms with Gasteiger partial charge >= 0.3 is 6.18 Å². The van der Waals surface area contributed by atoms with Crippen LogP contribution in [-0.2, 0) is 15.8 Å². The molecule has 2 aromatic rings. The highest BCUT2D eigenvalue weighted by molar-refractivity contribution is 5.83. The average Bonchev–Trinajstić information content (AvgIpc) is 3.01. The fraction of sp³-hybridized carbons (Fsp3) is 0.533. The van der Waals surface area contributed by atoms with Crippen LogP contribution in [0.2, 0.25) is 0 Å². The minimum atomic E-state index is -4.88. The van der Waals surface area contributed by atoms with E-state index in [9.17, 15) is 32.9 Å². The number of rotatable bonds is 6. The molecule has 2 heterocycles. The number of para-hydroxylation sites is 1. The number of hydrogen-bond donors (Lipinski definition) is 0. The summed E-state index contributed by atoms with van der Waals surface area (Å²) < 4.78 is 45.7. The number of nitro groups is 1. The van der Waals surface area contributed by atoms with Gasteiger partial charge in [-0.15, -0.1) is 0 Å². The van der Waals surface area contributed by atoms with E-state index >= 15 is 0 Å². The number of anilines is 1. The summed E-state index contributed by atoms with van der Waals surface area (Å²) in [7, 11) is 0. The van der Waals surface area contributed by atoms with E-state index < -0.39 is 28.5 Å². The van der Waals surface area contributed by atoms with Crippen molar-refractivity contribution in [1.82, 2.24) is 9.80 Å². The lowest BCUT2D eigenvalue weighted by molar-refractivity contribution is -0.388. The molecule has 12 heteroatoms. The molecule has 0 bridgehead atoms. The Balaban J connectivity index is 1.11. The number of carbonyl (C=O) groups is 2. The molecule has 0 spiro atoms. The zero-order valence-electron chi connectivity index (χ0n) is 23.3. The highest BCUT2D eigenvalue weighted by Gasteiger charge is 2.40. The number of nitro benzene ring substituents is 1. The standard InChI is InChI=1S/C30H35F3N4O5/c31-30(32,33)26-20-25(9-10-27(26)37(40)41)42-24-11-13-35(14-12-24)28(38)21-5-4-6-22(19-21)29(39)36-17-15-34(16-18-36)23-7-2-1-3-8-23/h1-3,7-10,20-22,24H,4-6,11-19H2/t21?,22-/m0/s1. The van der Waals surface area contributed by atoms with Crippen LogP contribution in [0.15, 0.2) is 48.5 Å². The topological polar surface area (TPSA) is 96.2 Å². The first-order valence-electron chi connectivity index (χ1n) is 14.5. The smallest absolute Gasteiger partial charge is 0.423 e. The van der Waals surface area contributed by atoms with Gasteiger partial charge in [0.05, 0.1) is 4.92 Å². The summed E-state index contributed by atoms with van der Waals surface area (Å²) in [5.41, 5.74) is -1.22. The maximum atomic E-state index is 13.4. The molecule has 0 N–H and O–H groups in total. The Morgan fingerprint density at radius 2 is 1.43 bits per heavy atom. The first-order valence-corrected chi connectivity index (χ1v) is 14.5. The number of benzene rings is 2. The number of ether oxygens (including phenoxy) is 1. The Labute approximate surface area is 242 Å². The third kappa shape index (κ3) is 6.79. The highest BCUT2D eigenvalue weighted by atomic mass is 19.4. The van der Waals surface area contributed by atoms with Gasteiger partial charge in [-0.3, -0.25) is 19.7 Å². The van der Waals surface area contributed by atoms with Crippen LogP contribution >= 0.6 is 0 Å². The van der Waals surface area contributed by atoms with Crippen LogP contribution in [0.4, 0.5) is 24.5 Å². The molecule has 3 fully saturated rings. The summed E-state index contributed by atoms with van der Waals surface area (Å²) in [6.45, 7) is 3.68. The van der Waals surface area contributed by atoms with E-state index in [1.807, 2.05) is 23.1 Å². The molecule has 2 aromatic carbocycles. The number of amides is 2. The third-order valence-corrected chi connectivity index (χ3v) is 8.61. The van der Waals surface area contributed by atoms with Crippen molar-refractivity contribution in [3.05, 3.63) is 64.2 Å². The Hall–Kier alpha value is -3.83. The van der Waals surface area contributed by atoms with Crippen LogP contribution in [-0.4, -0.2) is 71.9 Å². The molecular formula is C30H35F3N4O5. The molecule has 3 aliphatic rings. The highest BCUT2D eigenvalue weighted by Crippen LogP contribution is 2.39. The normalized spacial score (nSPS) is 22.1. The first-order chi connectivity index (χ1) is 20.1. The van der Waals surface area contributed by atoms with Gasteiger partial charge in [0.25, 0.3) is 5.69 Å². The number of carbonyl (C=O) groups excluding carboxylic acids is 2. The quantitative estimate of drug-likeness (QED) is 0.343. The van der Waals surface area contributed by atoms with Crippen LogP contribution in [0, 0.1) is 22.0 Å². The van der Waals surface area contributed by atoms with Gasteiger partial charge in [0.15, 0.2) is 0 Å². The number of piperidine rings is 1. The second-order valence-corrected chi connectivity index (χ2v) is 11.3. The molecule has 9 nitrogen and oxygen atoms in total. The molecule has 226 valence electrons. The fourth-order valence-electron chi connectivity index (χ4n) is 6.34. The van der Waals surface area contributed by atoms with Gasteiger partial charge in [-0.05, 0) is 43.5 Å². The van der Waals surface area contributed by atoms with Crippen molar-refractivity contribution >= 4 is 23.2 Å². The summed E-state index contributed by atoms with van der Waals surface area (Å²) in [5, 5.41) is 11.0. The Morgan fingerprint density at radius 3 is 2.00 bits per heavy atom. The van der Waals surface area contributed by atoms with Gasteiger partial charge < -0.3 is 19.4 Å². The molecule has 2 aliphatic heterocycles. The van der Waals surface area contributed by atoms with Gasteiger partial charge in [-0.25, -0.2) is 0 Å². The van der Waals surface area contributed by atoms with Gasteiger partial charge in [0.1, 0.15) is 17.4 Å². The molecule has 0 aromatic heterocycles. The lowest BCUT2D eigenvalue weighted by atomic mass is 9.79. The maximum absolute atomic E-state index is 13.4. The summed E-state index contributed by atoms with van der Waals surface area (Å²) in [6.07, 6.45) is -1.54. The third-order valence-electron chi connectivity index (χ3n) is 8.61. The van der Waals surface area contributed by atoms with E-state index in [0.29, 0.717) is 51.5 Å². The lowest BCUT2D eigenvalue weighted by Gasteiger charge is -2.40. The number of hydrogen-bond acceptors (Lipinski definition) is 6. The molecule has 0 radical (unpaired) electrons. The largest absolute Gasteiger partial charge is 0.490 e. The predicted octanol–water partition coefficient (Wildman–Crippen LogP) is 5.14. The summed E-state index contributed by atoms with van der Waals surface area (Å²) >= 11 is 0. The summed E-state index contributed by atoms with van der Waals surface area (Å²) in [4.78, 5) is 42.7. The Bertz CT molecular complexity index is 1280. The molecule has 42 heavy (non-hydrogen) atoms. The minimum Gasteiger partial charge on any atom is -0.490 e. The minimum absolute atomic E-state index is 0.0227. The molecule has 2 amide bonds. The molecule has 2 atom stereocenters. The fourth-order valence-corrected chi connectivity index (χ4v) is 6.34. The zero-order chi connectivity index (χ0) is 29.9. The van der Waals surface area contributed by atoms with Crippen LogP contribution in [0.5, 0.6) is 5.75 Å². The number of piperazine rings is 1. The molecule has 1 unspecified atom stereocenters. The van der Waals surface area contributed by atoms with Crippen LogP contribution in [0.3, 0.4) is 0 Å². The van der Waals surface area contributed by atoms with Crippen molar-refractivity contribution < 1.29 is 32.4 Å². The number of alkyl halides is 3. The molecular weight excluding hydrogens is 553 g/mol. The summed E-state index contributed by atoms with van der Waals surface area (Å²) in [5.74, 6) is -0.319. The lowest BCUT2D eigenvalue weighted by Crippen LogP contribution is -2.51. The monoisotopic (exact) mass is 588 g/mol. The first kappa shape index (κ1) is 29.7. The number of halogens is 3. The van der Waals surface area contributed by atoms with Gasteiger partial charge in [-0.1, -0.05) is 24.6 Å². The SMILES string of the molecule is O=C(C1CCC[C@H](C(=O)N2CCN(c3ccccc3)CC2)C1)N1CCC(Oc2ccc([N+](=O)[O-])c(C(F)(F)F)c2)CC1. The Kier molecular flexibility index (Phi) is 8.88. The van der Waals surface area contributed by atoms with Crippen LogP contribution in [0.25, 0.3) is 0 Å². The zero-order valence-corrected chi connectivity index (χ0v) is 23.3. The predicted molar refractivity (Wildman–Crippen MR) is 149 cm³/mol. The Morgan fingerprint density at radius 1 is 0.833 bits per heavy atom. The molecule has 5 rings (SSSR count). The van der Waals surface area contributed by atoms with E-state index in [-0.39, 0.29) is 29.4 Å². The van der Waals surface area contributed by atoms with Crippen molar-refractivity contribution in [3.8, 4) is 5.75 Å². The van der Waals surface area contributed by atoms with Crippen LogP contribution in [0.1, 0.15) is 44.1 Å². The number of likely N-dealkylation sites (tertiary alicyclic amines) is 1. The van der Waals surface area contributed by atoms with Crippen molar-refractivity contribution in [2.75, 3.05) is 44.2 Å².